The van der Waals surface area contributed by atoms with Crippen LogP contribution < -0.4 is 10.6 Å². The molecule has 0 aliphatic heterocycles. The van der Waals surface area contributed by atoms with Gasteiger partial charge in [0.15, 0.2) is 0 Å². The van der Waals surface area contributed by atoms with Gasteiger partial charge >= 0.3 is 0 Å². The van der Waals surface area contributed by atoms with Crippen LogP contribution in [0, 0.1) is 0 Å². The lowest BCUT2D eigenvalue weighted by atomic mass is 10.2. The Labute approximate surface area is 131 Å². The third-order valence-corrected chi connectivity index (χ3v) is 3.83. The maximum absolute atomic E-state index is 11.8. The molecule has 0 saturated heterocycles. The Morgan fingerprint density at radius 1 is 1.27 bits per heavy atom. The van der Waals surface area contributed by atoms with Crippen LogP contribution in [-0.4, -0.2) is 35.7 Å². The van der Waals surface area contributed by atoms with Gasteiger partial charge in [-0.15, -0.1) is 10.2 Å². The quantitative estimate of drug-likeness (QED) is 0.843. The second-order valence-corrected chi connectivity index (χ2v) is 5.43. The smallest absolute Gasteiger partial charge is 0.251 e. The lowest BCUT2D eigenvalue weighted by molar-refractivity contribution is -0.115. The van der Waals surface area contributed by atoms with E-state index in [0.717, 1.165) is 0 Å². The number of ether oxygens (including phenoxy) is 1. The molecule has 1 aromatic carbocycles. The van der Waals surface area contributed by atoms with Crippen molar-refractivity contribution in [3.63, 3.8) is 0 Å². The third kappa shape index (κ3) is 4.34. The summed E-state index contributed by atoms with van der Waals surface area (Å²) in [7, 11) is 1.57. The van der Waals surface area contributed by atoms with Crippen molar-refractivity contribution < 1.29 is 14.3 Å². The summed E-state index contributed by atoms with van der Waals surface area (Å²) >= 11 is 1.23. The highest BCUT2D eigenvalue weighted by Crippen LogP contribution is 2.22. The van der Waals surface area contributed by atoms with Gasteiger partial charge in [0.25, 0.3) is 5.91 Å². The Bertz CT molecular complexity index is 645. The van der Waals surface area contributed by atoms with E-state index < -0.39 is 0 Å². The van der Waals surface area contributed by atoms with E-state index in [9.17, 15) is 9.59 Å². The third-order valence-electron chi connectivity index (χ3n) is 2.83. The zero-order valence-electron chi connectivity index (χ0n) is 12.2. The Hall–Kier alpha value is -2.32. The van der Waals surface area contributed by atoms with Crippen LogP contribution in [0.25, 0.3) is 0 Å². The number of nitrogens with one attached hydrogen (secondary N) is 2. The van der Waals surface area contributed by atoms with Crippen molar-refractivity contribution in [3.8, 4) is 0 Å². The van der Waals surface area contributed by atoms with Crippen LogP contribution in [0.5, 0.6) is 0 Å². The normalized spacial score (nSPS) is 11.7. The van der Waals surface area contributed by atoms with Gasteiger partial charge in [-0.3, -0.25) is 14.9 Å². The van der Waals surface area contributed by atoms with Gasteiger partial charge in [0.2, 0.25) is 11.0 Å². The predicted molar refractivity (Wildman–Crippen MR) is 82.7 cm³/mol. The number of nitrogens with zero attached hydrogens (tertiary/aromatic N) is 2. The van der Waals surface area contributed by atoms with E-state index in [0.29, 0.717) is 15.7 Å². The minimum absolute atomic E-state index is 0.136. The molecule has 2 N–H and O–H groups in total. The molecule has 1 aromatic heterocycles. The number of hydrogen-bond donors (Lipinski definition) is 2. The zero-order chi connectivity index (χ0) is 15.9. The van der Waals surface area contributed by atoms with Crippen LogP contribution in [-0.2, 0) is 9.53 Å². The fraction of sp³-hybridized carbons (Fsp3) is 0.286. The molecule has 22 heavy (non-hydrogen) atoms. The Morgan fingerprint density at radius 3 is 2.68 bits per heavy atom. The second kappa shape index (κ2) is 7.62. The Morgan fingerprint density at radius 2 is 2.00 bits per heavy atom. The molecular formula is C14H16N4O3S. The van der Waals surface area contributed by atoms with Crippen LogP contribution in [0.15, 0.2) is 30.3 Å². The van der Waals surface area contributed by atoms with Crippen molar-refractivity contribution in [2.75, 3.05) is 19.0 Å². The number of benzene rings is 1. The summed E-state index contributed by atoms with van der Waals surface area (Å²) in [6.07, 6.45) is -0.180. The molecule has 0 aliphatic rings. The topological polar surface area (TPSA) is 93.2 Å². The van der Waals surface area contributed by atoms with Crippen LogP contribution in [0.1, 0.15) is 28.4 Å². The van der Waals surface area contributed by atoms with Crippen molar-refractivity contribution >= 4 is 28.3 Å². The molecule has 8 heteroatoms. The van der Waals surface area contributed by atoms with Crippen LogP contribution in [0.2, 0.25) is 0 Å². The number of aromatic nitrogens is 2. The highest BCUT2D eigenvalue weighted by atomic mass is 32.1. The number of amides is 2. The molecule has 0 aliphatic carbocycles. The van der Waals surface area contributed by atoms with Gasteiger partial charge < -0.3 is 10.1 Å². The first-order valence-electron chi connectivity index (χ1n) is 6.59. The number of hydrogen-bond acceptors (Lipinski definition) is 6. The summed E-state index contributed by atoms with van der Waals surface area (Å²) in [4.78, 5) is 23.6. The zero-order valence-corrected chi connectivity index (χ0v) is 13.0. The lowest BCUT2D eigenvalue weighted by Crippen LogP contribution is -2.32. The predicted octanol–water partition coefficient (Wildman–Crippen LogP) is 1.61. The monoisotopic (exact) mass is 320 g/mol. The molecule has 1 atom stereocenters. The SMILES string of the molecule is COC(C)c1nnc(NC(=O)CNC(=O)c2ccccc2)s1. The molecular weight excluding hydrogens is 304 g/mol. The van der Waals surface area contributed by atoms with Crippen LogP contribution in [0.4, 0.5) is 5.13 Å². The molecule has 0 saturated carbocycles. The molecule has 0 spiro atoms. The molecule has 2 aromatic rings. The van der Waals surface area contributed by atoms with Crippen molar-refractivity contribution in [2.45, 2.75) is 13.0 Å². The fourth-order valence-corrected chi connectivity index (χ4v) is 2.35. The van der Waals surface area contributed by atoms with Gasteiger partial charge in [-0.1, -0.05) is 29.5 Å². The Kier molecular flexibility index (Phi) is 5.56. The summed E-state index contributed by atoms with van der Waals surface area (Å²) in [6.45, 7) is 1.70. The van der Waals surface area contributed by atoms with Gasteiger partial charge in [-0.25, -0.2) is 0 Å². The minimum atomic E-state index is -0.364. The average Bonchev–Trinajstić information content (AvgIpc) is 3.01. The largest absolute Gasteiger partial charge is 0.374 e. The van der Waals surface area contributed by atoms with E-state index in [4.69, 9.17) is 4.74 Å². The van der Waals surface area contributed by atoms with Gasteiger partial charge in [-0.2, -0.15) is 0 Å². The molecule has 2 rings (SSSR count). The van der Waals surface area contributed by atoms with E-state index in [-0.39, 0.29) is 24.5 Å². The molecule has 1 unspecified atom stereocenters. The van der Waals surface area contributed by atoms with Gasteiger partial charge in [-0.05, 0) is 19.1 Å². The van der Waals surface area contributed by atoms with Crippen LogP contribution in [0.3, 0.4) is 0 Å². The first kappa shape index (κ1) is 16.1. The highest BCUT2D eigenvalue weighted by Gasteiger charge is 2.13. The fourth-order valence-electron chi connectivity index (χ4n) is 1.57. The maximum Gasteiger partial charge on any atom is 0.251 e. The average molecular weight is 320 g/mol. The summed E-state index contributed by atoms with van der Waals surface area (Å²) in [5, 5.41) is 13.9. The van der Waals surface area contributed by atoms with E-state index in [1.165, 1.54) is 11.3 Å². The number of methoxy groups -OCH3 is 1. The summed E-state index contributed by atoms with van der Waals surface area (Å²) < 4.78 is 5.12. The molecule has 0 radical (unpaired) electrons. The first-order valence-corrected chi connectivity index (χ1v) is 7.41. The standard InChI is InChI=1S/C14H16N4O3S/c1-9(21-2)13-17-18-14(22-13)16-11(19)8-15-12(20)10-6-4-3-5-7-10/h3-7,9H,8H2,1-2H3,(H,15,20)(H,16,18,19). The molecule has 7 nitrogen and oxygen atoms in total. The van der Waals surface area contributed by atoms with E-state index in [2.05, 4.69) is 20.8 Å². The van der Waals surface area contributed by atoms with Crippen molar-refractivity contribution in [2.24, 2.45) is 0 Å². The molecule has 0 bridgehead atoms. The van der Waals surface area contributed by atoms with E-state index in [1.54, 1.807) is 31.4 Å². The number of carbonyl (C=O) groups excluding carboxylic acids is 2. The molecule has 116 valence electrons. The summed E-state index contributed by atoms with van der Waals surface area (Å²) in [5.74, 6) is -0.668. The van der Waals surface area contributed by atoms with Crippen molar-refractivity contribution in [3.05, 3.63) is 40.9 Å². The van der Waals surface area contributed by atoms with Gasteiger partial charge in [0.05, 0.1) is 6.54 Å². The number of rotatable bonds is 6. The van der Waals surface area contributed by atoms with Crippen LogP contribution >= 0.6 is 11.3 Å². The van der Waals surface area contributed by atoms with Gasteiger partial charge in [0.1, 0.15) is 11.1 Å². The minimum Gasteiger partial charge on any atom is -0.374 e. The van der Waals surface area contributed by atoms with Crippen molar-refractivity contribution in [1.29, 1.82) is 0 Å². The molecule has 1 heterocycles. The number of anilines is 1. The van der Waals surface area contributed by atoms with E-state index >= 15 is 0 Å². The van der Waals surface area contributed by atoms with Crippen molar-refractivity contribution in [1.82, 2.24) is 15.5 Å². The summed E-state index contributed by atoms with van der Waals surface area (Å²) in [6, 6.07) is 8.69. The maximum atomic E-state index is 11.8. The summed E-state index contributed by atoms with van der Waals surface area (Å²) in [5.41, 5.74) is 0.502. The highest BCUT2D eigenvalue weighted by molar-refractivity contribution is 7.15. The lowest BCUT2D eigenvalue weighted by Gasteiger charge is -2.05. The molecule has 0 fully saturated rings. The molecule has 2 amide bonds. The number of carbonyl (C=O) groups is 2. The second-order valence-electron chi connectivity index (χ2n) is 4.42. The first-order chi connectivity index (χ1) is 10.6. The van der Waals surface area contributed by atoms with Gasteiger partial charge in [0, 0.05) is 12.7 Å². The Balaban J connectivity index is 1.83. The van der Waals surface area contributed by atoms with E-state index in [1.807, 2.05) is 13.0 Å².